The first-order valence-electron chi connectivity index (χ1n) is 6.25. The van der Waals surface area contributed by atoms with Crippen LogP contribution >= 0.6 is 19.6 Å². The van der Waals surface area contributed by atoms with Crippen molar-refractivity contribution in [3.8, 4) is 0 Å². The summed E-state index contributed by atoms with van der Waals surface area (Å²) in [4.78, 5) is 42.9. The average molecular weight is 370 g/mol. The Labute approximate surface area is 133 Å². The SMILES string of the molecule is CSc1cn([C@@H]2O[C@H](COP(=O)(O)O)[C@@H](O)[C@H]2O)c(=O)[nH]c1=O. The normalized spacial score (nSPS) is 28.2. The van der Waals surface area contributed by atoms with Gasteiger partial charge in [0.05, 0.1) is 11.5 Å². The summed E-state index contributed by atoms with van der Waals surface area (Å²) in [6.07, 6.45) is -2.93. The molecule has 2 heterocycles. The summed E-state index contributed by atoms with van der Waals surface area (Å²) in [5.74, 6) is 0. The number of nitrogens with zero attached hydrogens (tertiary/aromatic N) is 1. The Balaban J connectivity index is 2.26. The summed E-state index contributed by atoms with van der Waals surface area (Å²) in [6.45, 7) is -0.688. The van der Waals surface area contributed by atoms with Gasteiger partial charge in [-0.15, -0.1) is 11.8 Å². The van der Waals surface area contributed by atoms with Gasteiger partial charge in [-0.2, -0.15) is 0 Å². The largest absolute Gasteiger partial charge is 0.469 e. The van der Waals surface area contributed by atoms with Crippen molar-refractivity contribution in [1.29, 1.82) is 0 Å². The molecule has 0 saturated carbocycles. The van der Waals surface area contributed by atoms with E-state index in [1.165, 1.54) is 6.20 Å². The van der Waals surface area contributed by atoms with Crippen molar-refractivity contribution in [2.24, 2.45) is 0 Å². The number of aliphatic hydroxyl groups is 2. The fourth-order valence-corrected chi connectivity index (χ4v) is 2.87. The molecule has 1 fully saturated rings. The van der Waals surface area contributed by atoms with E-state index in [0.29, 0.717) is 0 Å². The predicted molar refractivity (Wildman–Crippen MR) is 77.0 cm³/mol. The highest BCUT2D eigenvalue weighted by Gasteiger charge is 2.45. The Morgan fingerprint density at radius 3 is 2.61 bits per heavy atom. The number of hydrogen-bond donors (Lipinski definition) is 5. The van der Waals surface area contributed by atoms with Gasteiger partial charge in [-0.25, -0.2) is 9.36 Å². The number of thioether (sulfide) groups is 1. The van der Waals surface area contributed by atoms with Gasteiger partial charge in [0.1, 0.15) is 18.3 Å². The van der Waals surface area contributed by atoms with Crippen LogP contribution in [-0.2, 0) is 13.8 Å². The number of aromatic amines is 1. The molecule has 0 amide bonds. The van der Waals surface area contributed by atoms with E-state index in [4.69, 9.17) is 14.5 Å². The van der Waals surface area contributed by atoms with E-state index in [0.717, 1.165) is 16.3 Å². The molecule has 0 aliphatic carbocycles. The van der Waals surface area contributed by atoms with E-state index >= 15 is 0 Å². The third-order valence-electron chi connectivity index (χ3n) is 3.17. The molecule has 4 atom stereocenters. The van der Waals surface area contributed by atoms with Gasteiger partial charge in [-0.1, -0.05) is 0 Å². The van der Waals surface area contributed by atoms with Crippen LogP contribution < -0.4 is 11.2 Å². The average Bonchev–Trinajstić information content (AvgIpc) is 2.73. The molecule has 2 rings (SSSR count). The number of rotatable bonds is 5. The van der Waals surface area contributed by atoms with Crippen LogP contribution in [0.4, 0.5) is 0 Å². The van der Waals surface area contributed by atoms with Gasteiger partial charge in [0.15, 0.2) is 6.23 Å². The van der Waals surface area contributed by atoms with E-state index < -0.39 is 50.2 Å². The third-order valence-corrected chi connectivity index (χ3v) is 4.39. The smallest absolute Gasteiger partial charge is 0.387 e. The van der Waals surface area contributed by atoms with Crippen LogP contribution in [0, 0.1) is 0 Å². The molecule has 1 aliphatic heterocycles. The van der Waals surface area contributed by atoms with Gasteiger partial charge in [0, 0.05) is 6.20 Å². The highest BCUT2D eigenvalue weighted by molar-refractivity contribution is 7.98. The van der Waals surface area contributed by atoms with Crippen LogP contribution in [0.15, 0.2) is 20.7 Å². The molecule has 13 heteroatoms. The fraction of sp³-hybridized carbons (Fsp3) is 0.600. The zero-order valence-electron chi connectivity index (χ0n) is 11.7. The lowest BCUT2D eigenvalue weighted by atomic mass is 10.1. The van der Waals surface area contributed by atoms with Gasteiger partial charge >= 0.3 is 13.5 Å². The standard InChI is InChI=1S/C10H15N2O9PS/c1-23-5-2-12(10(16)11-8(5)15)9-7(14)6(13)4(21-9)3-20-22(17,18)19/h2,4,6-7,9,13-14H,3H2,1H3,(H,11,15,16)(H2,17,18,19)/t4-,6-,7-,9-/m1/s1. The van der Waals surface area contributed by atoms with Crippen molar-refractivity contribution in [2.45, 2.75) is 29.4 Å². The number of aromatic nitrogens is 2. The first-order valence-corrected chi connectivity index (χ1v) is 9.00. The zero-order valence-corrected chi connectivity index (χ0v) is 13.4. The molecule has 1 aliphatic rings. The molecule has 11 nitrogen and oxygen atoms in total. The van der Waals surface area contributed by atoms with Crippen molar-refractivity contribution in [3.63, 3.8) is 0 Å². The Kier molecular flexibility index (Phi) is 5.48. The molecular formula is C10H15N2O9PS. The maximum absolute atomic E-state index is 11.8. The van der Waals surface area contributed by atoms with E-state index in [-0.39, 0.29) is 4.90 Å². The summed E-state index contributed by atoms with van der Waals surface area (Å²) in [6, 6.07) is 0. The first kappa shape index (κ1) is 18.4. The van der Waals surface area contributed by atoms with Crippen molar-refractivity contribution in [1.82, 2.24) is 9.55 Å². The minimum absolute atomic E-state index is 0.185. The van der Waals surface area contributed by atoms with E-state index in [9.17, 15) is 24.4 Å². The molecule has 1 aromatic rings. The Hall–Kier alpha value is -0.980. The van der Waals surface area contributed by atoms with Crippen LogP contribution in [0.1, 0.15) is 6.23 Å². The number of phosphoric acid groups is 1. The lowest BCUT2D eigenvalue weighted by molar-refractivity contribution is -0.0546. The second kappa shape index (κ2) is 6.87. The number of hydrogen-bond acceptors (Lipinski definition) is 8. The van der Waals surface area contributed by atoms with Crippen LogP contribution in [0.2, 0.25) is 0 Å². The minimum Gasteiger partial charge on any atom is -0.387 e. The quantitative estimate of drug-likeness (QED) is 0.288. The second-order valence-electron chi connectivity index (χ2n) is 4.70. The van der Waals surface area contributed by atoms with Gasteiger partial charge in [0.2, 0.25) is 0 Å². The highest BCUT2D eigenvalue weighted by Crippen LogP contribution is 2.38. The summed E-state index contributed by atoms with van der Waals surface area (Å²) in [7, 11) is -4.78. The van der Waals surface area contributed by atoms with Gasteiger partial charge < -0.3 is 24.7 Å². The lowest BCUT2D eigenvalue weighted by Crippen LogP contribution is -2.38. The summed E-state index contributed by atoms with van der Waals surface area (Å²) in [5.41, 5.74) is -1.46. The molecular weight excluding hydrogens is 355 g/mol. The van der Waals surface area contributed by atoms with E-state index in [1.807, 2.05) is 4.98 Å². The molecule has 0 aromatic carbocycles. The molecule has 23 heavy (non-hydrogen) atoms. The zero-order chi connectivity index (χ0) is 17.4. The van der Waals surface area contributed by atoms with Gasteiger partial charge in [-0.05, 0) is 6.26 Å². The number of phosphoric ester groups is 1. The summed E-state index contributed by atoms with van der Waals surface area (Å²) < 4.78 is 21.0. The Bertz CT molecular complexity index is 728. The van der Waals surface area contributed by atoms with Crippen molar-refractivity contribution >= 4 is 19.6 Å². The van der Waals surface area contributed by atoms with Crippen molar-refractivity contribution in [2.75, 3.05) is 12.9 Å². The van der Waals surface area contributed by atoms with Crippen molar-refractivity contribution < 1.29 is 33.8 Å². The fourth-order valence-electron chi connectivity index (χ4n) is 2.07. The molecule has 0 bridgehead atoms. The van der Waals surface area contributed by atoms with Gasteiger partial charge in [-0.3, -0.25) is 18.9 Å². The number of nitrogens with one attached hydrogen (secondary N) is 1. The minimum atomic E-state index is -4.78. The van der Waals surface area contributed by atoms with Crippen molar-refractivity contribution in [3.05, 3.63) is 27.0 Å². The van der Waals surface area contributed by atoms with Crippen LogP contribution in [0.3, 0.4) is 0 Å². The number of aliphatic hydroxyl groups excluding tert-OH is 2. The maximum atomic E-state index is 11.8. The summed E-state index contributed by atoms with van der Waals surface area (Å²) >= 11 is 1.06. The summed E-state index contributed by atoms with van der Waals surface area (Å²) in [5, 5.41) is 19.8. The maximum Gasteiger partial charge on any atom is 0.469 e. The van der Waals surface area contributed by atoms with Crippen LogP contribution in [-0.4, -0.2) is 60.7 Å². The lowest BCUT2D eigenvalue weighted by Gasteiger charge is -2.17. The monoisotopic (exact) mass is 370 g/mol. The topological polar surface area (TPSA) is 171 Å². The number of H-pyrrole nitrogens is 1. The van der Waals surface area contributed by atoms with E-state index in [1.54, 1.807) is 6.26 Å². The molecule has 0 unspecified atom stereocenters. The van der Waals surface area contributed by atoms with Crippen LogP contribution in [0.5, 0.6) is 0 Å². The third kappa shape index (κ3) is 4.11. The predicted octanol–water partition coefficient (Wildman–Crippen LogP) is -2.01. The molecule has 0 spiro atoms. The first-order chi connectivity index (χ1) is 10.6. The van der Waals surface area contributed by atoms with Gasteiger partial charge in [0.25, 0.3) is 5.56 Å². The van der Waals surface area contributed by atoms with E-state index in [2.05, 4.69) is 4.52 Å². The Morgan fingerprint density at radius 1 is 1.39 bits per heavy atom. The number of ether oxygens (including phenoxy) is 1. The Morgan fingerprint density at radius 2 is 2.04 bits per heavy atom. The molecule has 0 radical (unpaired) electrons. The highest BCUT2D eigenvalue weighted by atomic mass is 32.2. The molecule has 130 valence electrons. The molecule has 1 saturated heterocycles. The second-order valence-corrected chi connectivity index (χ2v) is 6.78. The molecule has 5 N–H and O–H groups in total. The van der Waals surface area contributed by atoms with Crippen LogP contribution in [0.25, 0.3) is 0 Å². The molecule has 1 aromatic heterocycles.